The molecule has 3 aromatic carbocycles. The normalized spacial score (nSPS) is 10.6. The molecule has 0 bridgehead atoms. The fourth-order valence-electron chi connectivity index (χ4n) is 2.48. The molecule has 23 heavy (non-hydrogen) atoms. The Hall–Kier alpha value is -3.01. The minimum atomic E-state index is -0.164. The average Bonchev–Trinajstić information content (AvgIpc) is 2.57. The molecule has 4 heteroatoms. The first-order valence-electron chi connectivity index (χ1n) is 7.38. The van der Waals surface area contributed by atoms with E-state index in [1.807, 2.05) is 36.4 Å². The van der Waals surface area contributed by atoms with Gasteiger partial charge in [-0.1, -0.05) is 42.5 Å². The largest absolute Gasteiger partial charge is 0.507 e. The molecule has 3 aromatic rings. The molecule has 0 saturated carbocycles. The third kappa shape index (κ3) is 3.11. The second kappa shape index (κ2) is 6.40. The molecule has 0 aliphatic rings. The van der Waals surface area contributed by atoms with Crippen molar-refractivity contribution in [1.82, 2.24) is 0 Å². The van der Waals surface area contributed by atoms with Crippen molar-refractivity contribution in [3.63, 3.8) is 0 Å². The predicted octanol–water partition coefficient (Wildman–Crippen LogP) is 3.78. The van der Waals surface area contributed by atoms with E-state index in [1.54, 1.807) is 24.3 Å². The number of hydrogen-bond acceptors (Lipinski definition) is 4. The number of rotatable bonds is 5. The molecule has 0 spiro atoms. The lowest BCUT2D eigenvalue weighted by atomic mass is 10.0. The zero-order chi connectivity index (χ0) is 16.2. The zero-order valence-electron chi connectivity index (χ0n) is 12.5. The predicted molar refractivity (Wildman–Crippen MR) is 90.9 cm³/mol. The van der Waals surface area contributed by atoms with Crippen molar-refractivity contribution in [2.75, 3.05) is 12.3 Å². The number of phenols is 1. The van der Waals surface area contributed by atoms with Gasteiger partial charge in [0, 0.05) is 11.8 Å². The topological polar surface area (TPSA) is 72.5 Å². The van der Waals surface area contributed by atoms with Crippen LogP contribution in [0.15, 0.2) is 60.7 Å². The van der Waals surface area contributed by atoms with E-state index in [4.69, 9.17) is 10.5 Å². The maximum absolute atomic E-state index is 12.3. The number of phenolic OH excluding ortho intramolecular Hbond substituents is 1. The summed E-state index contributed by atoms with van der Waals surface area (Å²) in [5.74, 6) is 0.415. The van der Waals surface area contributed by atoms with Crippen molar-refractivity contribution >= 4 is 22.2 Å². The van der Waals surface area contributed by atoms with E-state index in [-0.39, 0.29) is 24.6 Å². The number of carbonyl (C=O) groups excluding carboxylic acids is 1. The van der Waals surface area contributed by atoms with Crippen molar-refractivity contribution in [2.45, 2.75) is 6.42 Å². The first kappa shape index (κ1) is 14.9. The summed E-state index contributed by atoms with van der Waals surface area (Å²) >= 11 is 0. The number of Topliss-reactive ketones (excluding diaryl/α,β-unsaturated/α-hetero) is 1. The van der Waals surface area contributed by atoms with Crippen LogP contribution >= 0.6 is 0 Å². The molecule has 0 heterocycles. The molecule has 0 atom stereocenters. The maximum Gasteiger partial charge on any atom is 0.170 e. The van der Waals surface area contributed by atoms with Crippen molar-refractivity contribution in [3.05, 3.63) is 66.2 Å². The number of hydrogen-bond donors (Lipinski definition) is 2. The smallest absolute Gasteiger partial charge is 0.170 e. The minimum absolute atomic E-state index is 0.0207. The van der Waals surface area contributed by atoms with Crippen molar-refractivity contribution in [2.24, 2.45) is 0 Å². The van der Waals surface area contributed by atoms with Crippen LogP contribution in [0.5, 0.6) is 11.5 Å². The fourth-order valence-corrected chi connectivity index (χ4v) is 2.48. The van der Waals surface area contributed by atoms with Gasteiger partial charge in [-0.05, 0) is 23.6 Å². The number of aromatic hydroxyl groups is 1. The van der Waals surface area contributed by atoms with Gasteiger partial charge in [0.05, 0.1) is 17.9 Å². The first-order valence-corrected chi connectivity index (χ1v) is 7.38. The number of nitrogen functional groups attached to an aromatic ring is 1. The number of fused-ring (bicyclic) bond motifs is 1. The van der Waals surface area contributed by atoms with Gasteiger partial charge in [0.1, 0.15) is 11.5 Å². The number of benzene rings is 3. The van der Waals surface area contributed by atoms with Gasteiger partial charge in [0.25, 0.3) is 0 Å². The van der Waals surface area contributed by atoms with Crippen LogP contribution in [0.1, 0.15) is 16.8 Å². The fraction of sp³-hybridized carbons (Fsp3) is 0.105. The van der Waals surface area contributed by atoms with Crippen molar-refractivity contribution in [3.8, 4) is 11.5 Å². The number of anilines is 1. The summed E-state index contributed by atoms with van der Waals surface area (Å²) in [4.78, 5) is 12.3. The van der Waals surface area contributed by atoms with E-state index >= 15 is 0 Å². The highest BCUT2D eigenvalue weighted by Gasteiger charge is 2.14. The Labute approximate surface area is 134 Å². The van der Waals surface area contributed by atoms with E-state index in [0.717, 1.165) is 5.39 Å². The van der Waals surface area contributed by atoms with Crippen LogP contribution in [-0.2, 0) is 0 Å². The first-order chi connectivity index (χ1) is 11.2. The van der Waals surface area contributed by atoms with Gasteiger partial charge in [-0.3, -0.25) is 4.79 Å². The Morgan fingerprint density at radius 3 is 2.57 bits per heavy atom. The SMILES string of the molecule is Nc1ccccc1OCCC(=O)c1ccc2ccccc2c1O. The van der Waals surface area contributed by atoms with Crippen LogP contribution in [-0.4, -0.2) is 17.5 Å². The number of para-hydroxylation sites is 2. The van der Waals surface area contributed by atoms with Crippen LogP contribution < -0.4 is 10.5 Å². The monoisotopic (exact) mass is 307 g/mol. The van der Waals surface area contributed by atoms with E-state index in [0.29, 0.717) is 22.4 Å². The summed E-state index contributed by atoms with van der Waals surface area (Å²) in [6, 6.07) is 18.0. The molecule has 4 nitrogen and oxygen atoms in total. The summed E-state index contributed by atoms with van der Waals surface area (Å²) in [5.41, 5.74) is 6.63. The Morgan fingerprint density at radius 1 is 1.00 bits per heavy atom. The van der Waals surface area contributed by atoms with Gasteiger partial charge in [0.15, 0.2) is 5.78 Å². The molecule has 116 valence electrons. The number of ketones is 1. The van der Waals surface area contributed by atoms with Crippen molar-refractivity contribution < 1.29 is 14.6 Å². The van der Waals surface area contributed by atoms with E-state index < -0.39 is 0 Å². The molecule has 0 saturated heterocycles. The number of nitrogens with two attached hydrogens (primary N) is 1. The average molecular weight is 307 g/mol. The Bertz CT molecular complexity index is 858. The van der Waals surface area contributed by atoms with Crippen LogP contribution in [0.4, 0.5) is 5.69 Å². The van der Waals surface area contributed by atoms with E-state index in [2.05, 4.69) is 0 Å². The molecule has 0 unspecified atom stereocenters. The standard InChI is InChI=1S/C19H17NO3/c20-16-7-3-4-8-18(16)23-12-11-17(21)15-10-9-13-5-1-2-6-14(13)19(15)22/h1-10,22H,11-12,20H2. The Morgan fingerprint density at radius 2 is 1.74 bits per heavy atom. The molecule has 0 aliphatic carbocycles. The molecule has 0 amide bonds. The third-order valence-electron chi connectivity index (χ3n) is 3.71. The quantitative estimate of drug-likeness (QED) is 0.556. The number of ether oxygens (including phenoxy) is 1. The van der Waals surface area contributed by atoms with Gasteiger partial charge in [-0.25, -0.2) is 0 Å². The van der Waals surface area contributed by atoms with Crippen LogP contribution in [0, 0.1) is 0 Å². The molecule has 0 aromatic heterocycles. The summed E-state index contributed by atoms with van der Waals surface area (Å²) < 4.78 is 5.53. The highest BCUT2D eigenvalue weighted by Crippen LogP contribution is 2.29. The molecular formula is C19H17NO3. The lowest BCUT2D eigenvalue weighted by molar-refractivity contribution is 0.0960. The van der Waals surface area contributed by atoms with Crippen LogP contribution in [0.25, 0.3) is 10.8 Å². The summed E-state index contributed by atoms with van der Waals surface area (Å²) in [5, 5.41) is 11.9. The van der Waals surface area contributed by atoms with E-state index in [9.17, 15) is 9.90 Å². The van der Waals surface area contributed by atoms with Crippen LogP contribution in [0.2, 0.25) is 0 Å². The number of carbonyl (C=O) groups is 1. The second-order valence-electron chi connectivity index (χ2n) is 5.24. The van der Waals surface area contributed by atoms with E-state index in [1.165, 1.54) is 0 Å². The Kier molecular flexibility index (Phi) is 4.15. The Balaban J connectivity index is 1.71. The molecule has 3 N–H and O–H groups in total. The lowest BCUT2D eigenvalue weighted by Gasteiger charge is -2.09. The second-order valence-corrected chi connectivity index (χ2v) is 5.24. The molecule has 0 aliphatic heterocycles. The van der Waals surface area contributed by atoms with Gasteiger partial charge in [-0.2, -0.15) is 0 Å². The zero-order valence-corrected chi connectivity index (χ0v) is 12.5. The van der Waals surface area contributed by atoms with Gasteiger partial charge < -0.3 is 15.6 Å². The van der Waals surface area contributed by atoms with Crippen molar-refractivity contribution in [1.29, 1.82) is 0 Å². The lowest BCUT2D eigenvalue weighted by Crippen LogP contribution is -2.08. The molecule has 3 rings (SSSR count). The molecule has 0 radical (unpaired) electrons. The van der Waals surface area contributed by atoms with Gasteiger partial charge in [0.2, 0.25) is 0 Å². The van der Waals surface area contributed by atoms with Gasteiger partial charge >= 0.3 is 0 Å². The summed E-state index contributed by atoms with van der Waals surface area (Å²) in [7, 11) is 0. The minimum Gasteiger partial charge on any atom is -0.507 e. The summed E-state index contributed by atoms with van der Waals surface area (Å²) in [6.45, 7) is 0.208. The maximum atomic E-state index is 12.3. The molecule has 0 fully saturated rings. The van der Waals surface area contributed by atoms with Crippen LogP contribution in [0.3, 0.4) is 0 Å². The third-order valence-corrected chi connectivity index (χ3v) is 3.71. The molecular weight excluding hydrogens is 290 g/mol. The summed E-state index contributed by atoms with van der Waals surface area (Å²) in [6.07, 6.45) is 0.167. The van der Waals surface area contributed by atoms with Gasteiger partial charge in [-0.15, -0.1) is 0 Å². The highest BCUT2D eigenvalue weighted by atomic mass is 16.5. The highest BCUT2D eigenvalue weighted by molar-refractivity contribution is 6.04.